The Morgan fingerprint density at radius 2 is 2.00 bits per heavy atom. The van der Waals surface area contributed by atoms with Crippen LogP contribution in [-0.2, 0) is 0 Å². The average Bonchev–Trinajstić information content (AvgIpc) is 2.62. The fourth-order valence-electron chi connectivity index (χ4n) is 2.57. The summed E-state index contributed by atoms with van der Waals surface area (Å²) >= 11 is 0. The lowest BCUT2D eigenvalue weighted by Crippen LogP contribution is -2.27. The number of Topliss-reactive ketones (excluding diaryl/α,β-unsaturated/α-hetero) is 1. The van der Waals surface area contributed by atoms with Crippen molar-refractivity contribution in [1.82, 2.24) is 4.90 Å². The maximum absolute atomic E-state index is 12.0. The predicted molar refractivity (Wildman–Crippen MR) is 74.8 cm³/mol. The molecule has 1 aromatic rings. The van der Waals surface area contributed by atoms with Crippen molar-refractivity contribution in [2.45, 2.75) is 32.6 Å². The molecule has 1 aliphatic rings. The third-order valence-electron chi connectivity index (χ3n) is 3.86. The fourth-order valence-corrected chi connectivity index (χ4v) is 2.57. The van der Waals surface area contributed by atoms with Gasteiger partial charge in [0.25, 0.3) is 0 Å². The van der Waals surface area contributed by atoms with E-state index in [-0.39, 0.29) is 5.78 Å². The number of hydrogen-bond donors (Lipinski definition) is 0. The van der Waals surface area contributed by atoms with Gasteiger partial charge < -0.3 is 4.90 Å². The average molecular weight is 245 g/mol. The molecule has 1 aliphatic heterocycles. The van der Waals surface area contributed by atoms with Crippen LogP contribution in [0.4, 0.5) is 0 Å². The number of rotatable bonds is 4. The molecule has 2 nitrogen and oxygen atoms in total. The van der Waals surface area contributed by atoms with Gasteiger partial charge in [0, 0.05) is 18.5 Å². The molecule has 0 aromatic heterocycles. The maximum atomic E-state index is 12.0. The Balaban J connectivity index is 1.79. The van der Waals surface area contributed by atoms with Gasteiger partial charge in [0.05, 0.1) is 0 Å². The lowest BCUT2D eigenvalue weighted by Gasteiger charge is -2.19. The highest BCUT2D eigenvalue weighted by atomic mass is 16.1. The van der Waals surface area contributed by atoms with Crippen molar-refractivity contribution in [1.29, 1.82) is 0 Å². The number of ketones is 1. The van der Waals surface area contributed by atoms with Crippen molar-refractivity contribution in [3.05, 3.63) is 35.9 Å². The van der Waals surface area contributed by atoms with Crippen LogP contribution in [0.25, 0.3) is 0 Å². The zero-order valence-electron chi connectivity index (χ0n) is 11.3. The Labute approximate surface area is 110 Å². The molecule has 0 aliphatic carbocycles. The quantitative estimate of drug-likeness (QED) is 0.758. The summed E-state index contributed by atoms with van der Waals surface area (Å²) in [7, 11) is 0. The van der Waals surface area contributed by atoms with E-state index in [0.717, 1.165) is 31.1 Å². The maximum Gasteiger partial charge on any atom is 0.164 e. The van der Waals surface area contributed by atoms with Crippen LogP contribution in [0.15, 0.2) is 30.3 Å². The number of likely N-dealkylation sites (tertiary alicyclic amines) is 1. The first kappa shape index (κ1) is 13.3. The van der Waals surface area contributed by atoms with Gasteiger partial charge in [-0.25, -0.2) is 0 Å². The molecule has 18 heavy (non-hydrogen) atoms. The van der Waals surface area contributed by atoms with Crippen molar-refractivity contribution in [3.8, 4) is 0 Å². The van der Waals surface area contributed by atoms with Gasteiger partial charge in [0.2, 0.25) is 0 Å². The molecule has 1 unspecified atom stereocenters. The van der Waals surface area contributed by atoms with Crippen LogP contribution in [0.1, 0.15) is 43.0 Å². The minimum Gasteiger partial charge on any atom is -0.303 e. The third kappa shape index (κ3) is 3.95. The predicted octanol–water partition coefficient (Wildman–Crippen LogP) is 3.38. The van der Waals surface area contributed by atoms with Gasteiger partial charge in [0.15, 0.2) is 5.78 Å². The first-order chi connectivity index (χ1) is 8.75. The van der Waals surface area contributed by atoms with Crippen LogP contribution in [0.5, 0.6) is 0 Å². The second kappa shape index (κ2) is 6.69. The van der Waals surface area contributed by atoms with Crippen molar-refractivity contribution >= 4 is 5.78 Å². The smallest absolute Gasteiger partial charge is 0.164 e. The topological polar surface area (TPSA) is 20.3 Å². The summed E-state index contributed by atoms with van der Waals surface area (Å²) in [5.41, 5.74) is 0.848. The van der Waals surface area contributed by atoms with Gasteiger partial charge in [-0.2, -0.15) is 0 Å². The second-order valence-electron chi connectivity index (χ2n) is 5.42. The monoisotopic (exact) mass is 245 g/mol. The lowest BCUT2D eigenvalue weighted by molar-refractivity contribution is 0.0964. The molecular weight excluding hydrogens is 222 g/mol. The number of nitrogens with zero attached hydrogens (tertiary/aromatic N) is 1. The number of carbonyl (C=O) groups excluding carboxylic acids is 1. The van der Waals surface area contributed by atoms with E-state index < -0.39 is 0 Å². The van der Waals surface area contributed by atoms with Crippen LogP contribution in [-0.4, -0.2) is 30.3 Å². The molecule has 0 radical (unpaired) electrons. The molecule has 0 N–H and O–H groups in total. The van der Waals surface area contributed by atoms with E-state index in [1.165, 1.54) is 19.3 Å². The van der Waals surface area contributed by atoms with E-state index in [2.05, 4.69) is 11.8 Å². The van der Waals surface area contributed by atoms with Crippen LogP contribution < -0.4 is 0 Å². The number of carbonyl (C=O) groups is 1. The number of hydrogen-bond acceptors (Lipinski definition) is 2. The van der Waals surface area contributed by atoms with Gasteiger partial charge in [-0.05, 0) is 38.3 Å². The van der Waals surface area contributed by atoms with Gasteiger partial charge >= 0.3 is 0 Å². The first-order valence-electron chi connectivity index (χ1n) is 7.06. The van der Waals surface area contributed by atoms with Crippen LogP contribution in [0.3, 0.4) is 0 Å². The third-order valence-corrected chi connectivity index (χ3v) is 3.86. The Bertz CT molecular complexity index is 374. The molecule has 0 saturated carbocycles. The summed E-state index contributed by atoms with van der Waals surface area (Å²) in [6, 6.07) is 9.63. The van der Waals surface area contributed by atoms with Crippen molar-refractivity contribution in [3.63, 3.8) is 0 Å². The second-order valence-corrected chi connectivity index (χ2v) is 5.42. The minimum atomic E-state index is 0.271. The van der Waals surface area contributed by atoms with Crippen molar-refractivity contribution in [2.75, 3.05) is 19.6 Å². The molecule has 98 valence electrons. The SMILES string of the molecule is CC1CCCN(CCC(=O)c2ccccc2)CC1. The highest BCUT2D eigenvalue weighted by Crippen LogP contribution is 2.16. The molecule has 0 bridgehead atoms. The van der Waals surface area contributed by atoms with Gasteiger partial charge in [-0.1, -0.05) is 37.3 Å². The molecule has 1 heterocycles. The number of benzene rings is 1. The van der Waals surface area contributed by atoms with Crippen molar-refractivity contribution in [2.24, 2.45) is 5.92 Å². The highest BCUT2D eigenvalue weighted by molar-refractivity contribution is 5.96. The van der Waals surface area contributed by atoms with E-state index >= 15 is 0 Å². The Morgan fingerprint density at radius 1 is 1.22 bits per heavy atom. The van der Waals surface area contributed by atoms with Crippen LogP contribution in [0.2, 0.25) is 0 Å². The first-order valence-corrected chi connectivity index (χ1v) is 7.06. The minimum absolute atomic E-state index is 0.271. The van der Waals surface area contributed by atoms with Gasteiger partial charge in [0.1, 0.15) is 0 Å². The zero-order valence-corrected chi connectivity index (χ0v) is 11.3. The molecular formula is C16H23NO. The summed E-state index contributed by atoms with van der Waals surface area (Å²) in [5.74, 6) is 1.12. The van der Waals surface area contributed by atoms with E-state index in [9.17, 15) is 4.79 Å². The standard InChI is InChI=1S/C16H23NO/c1-14-6-5-11-17(12-9-14)13-10-16(18)15-7-3-2-4-8-15/h2-4,7-8,14H,5-6,9-13H2,1H3. The van der Waals surface area contributed by atoms with E-state index in [1.54, 1.807) is 0 Å². The molecule has 1 aromatic carbocycles. The van der Waals surface area contributed by atoms with Gasteiger partial charge in [-0.15, -0.1) is 0 Å². The molecule has 0 amide bonds. The summed E-state index contributed by atoms with van der Waals surface area (Å²) in [4.78, 5) is 14.5. The van der Waals surface area contributed by atoms with Crippen LogP contribution >= 0.6 is 0 Å². The summed E-state index contributed by atoms with van der Waals surface area (Å²) < 4.78 is 0. The zero-order chi connectivity index (χ0) is 12.8. The normalized spacial score (nSPS) is 21.5. The fraction of sp³-hybridized carbons (Fsp3) is 0.562. The molecule has 1 saturated heterocycles. The molecule has 2 rings (SSSR count). The highest BCUT2D eigenvalue weighted by Gasteiger charge is 2.14. The lowest BCUT2D eigenvalue weighted by atomic mass is 10.0. The van der Waals surface area contributed by atoms with E-state index in [0.29, 0.717) is 6.42 Å². The Morgan fingerprint density at radius 3 is 2.78 bits per heavy atom. The van der Waals surface area contributed by atoms with E-state index in [1.807, 2.05) is 30.3 Å². The van der Waals surface area contributed by atoms with Crippen LogP contribution in [0, 0.1) is 5.92 Å². The van der Waals surface area contributed by atoms with E-state index in [4.69, 9.17) is 0 Å². The van der Waals surface area contributed by atoms with Gasteiger partial charge in [-0.3, -0.25) is 4.79 Å². The Hall–Kier alpha value is -1.15. The Kier molecular flexibility index (Phi) is 4.94. The molecule has 1 atom stereocenters. The summed E-state index contributed by atoms with van der Waals surface area (Å²) in [6.07, 6.45) is 4.54. The molecule has 2 heteroatoms. The molecule has 1 fully saturated rings. The molecule has 0 spiro atoms. The summed E-state index contributed by atoms with van der Waals surface area (Å²) in [5, 5.41) is 0. The summed E-state index contributed by atoms with van der Waals surface area (Å²) in [6.45, 7) is 5.56. The largest absolute Gasteiger partial charge is 0.303 e. The van der Waals surface area contributed by atoms with Crippen molar-refractivity contribution < 1.29 is 4.79 Å².